The van der Waals surface area contributed by atoms with E-state index in [0.717, 1.165) is 28.2 Å². The Kier molecular flexibility index (Phi) is 5.08. The van der Waals surface area contributed by atoms with Crippen LogP contribution in [-0.4, -0.2) is 29.3 Å². The minimum absolute atomic E-state index is 0.394. The Morgan fingerprint density at radius 3 is 2.43 bits per heavy atom. The molecule has 0 radical (unpaired) electrons. The van der Waals surface area contributed by atoms with E-state index in [0.29, 0.717) is 28.8 Å². The zero-order chi connectivity index (χ0) is 19.5. The fraction of sp³-hybridized carbons (Fsp3) is 0.190. The Labute approximate surface area is 166 Å². The van der Waals surface area contributed by atoms with E-state index in [1.807, 2.05) is 36.4 Å². The maximum atomic E-state index is 5.46. The van der Waals surface area contributed by atoms with Crippen molar-refractivity contribution in [1.29, 1.82) is 0 Å². The standard InChI is InChI=1S/C21H19N3O3S/c1-4-19-22-17(12-28-19)13-5-7-14(8-6-13)20-23-21(27-24-20)16-10-9-15(25-2)11-18(16)26-3/h5-12H,4H2,1-3H3. The normalized spacial score (nSPS) is 10.8. The number of nitrogens with zero attached hydrogens (tertiary/aromatic N) is 3. The molecule has 0 unspecified atom stereocenters. The molecule has 0 fully saturated rings. The van der Waals surface area contributed by atoms with Gasteiger partial charge in [0.2, 0.25) is 5.82 Å². The van der Waals surface area contributed by atoms with E-state index in [1.165, 1.54) is 0 Å². The van der Waals surface area contributed by atoms with Crippen LogP contribution in [0.15, 0.2) is 52.4 Å². The van der Waals surface area contributed by atoms with Crippen LogP contribution in [0.5, 0.6) is 11.5 Å². The average Bonchev–Trinajstić information content (AvgIpc) is 3.43. The number of aryl methyl sites for hydroxylation is 1. The van der Waals surface area contributed by atoms with E-state index < -0.39 is 0 Å². The van der Waals surface area contributed by atoms with Crippen LogP contribution in [-0.2, 0) is 6.42 Å². The third-order valence-corrected chi connectivity index (χ3v) is 5.35. The van der Waals surface area contributed by atoms with E-state index in [4.69, 9.17) is 14.0 Å². The van der Waals surface area contributed by atoms with Gasteiger partial charge in [0.1, 0.15) is 11.5 Å². The van der Waals surface area contributed by atoms with Gasteiger partial charge in [-0.1, -0.05) is 36.3 Å². The van der Waals surface area contributed by atoms with Crippen LogP contribution >= 0.6 is 11.3 Å². The summed E-state index contributed by atoms with van der Waals surface area (Å²) in [6.45, 7) is 2.11. The highest BCUT2D eigenvalue weighted by atomic mass is 32.1. The molecule has 0 bridgehead atoms. The van der Waals surface area contributed by atoms with Gasteiger partial charge in [-0.3, -0.25) is 0 Å². The average molecular weight is 393 g/mol. The Morgan fingerprint density at radius 1 is 0.964 bits per heavy atom. The SMILES string of the molecule is CCc1nc(-c2ccc(-c3noc(-c4ccc(OC)cc4OC)n3)cc2)cs1. The second-order valence-electron chi connectivity index (χ2n) is 6.05. The number of aromatic nitrogens is 3. The van der Waals surface area contributed by atoms with Crippen LogP contribution < -0.4 is 9.47 Å². The first kappa shape index (κ1) is 18.2. The lowest BCUT2D eigenvalue weighted by Gasteiger charge is -2.06. The van der Waals surface area contributed by atoms with Crippen LogP contribution in [0.25, 0.3) is 34.1 Å². The minimum atomic E-state index is 0.394. The fourth-order valence-corrected chi connectivity index (χ4v) is 3.58. The summed E-state index contributed by atoms with van der Waals surface area (Å²) in [6.07, 6.45) is 0.948. The smallest absolute Gasteiger partial charge is 0.262 e. The van der Waals surface area contributed by atoms with Gasteiger partial charge in [-0.2, -0.15) is 4.98 Å². The van der Waals surface area contributed by atoms with Gasteiger partial charge < -0.3 is 14.0 Å². The summed E-state index contributed by atoms with van der Waals surface area (Å²) in [6, 6.07) is 13.4. The number of methoxy groups -OCH3 is 2. The van der Waals surface area contributed by atoms with Crippen molar-refractivity contribution in [2.75, 3.05) is 14.2 Å². The molecule has 0 saturated carbocycles. The third-order valence-electron chi connectivity index (χ3n) is 4.36. The molecule has 7 heteroatoms. The van der Waals surface area contributed by atoms with Gasteiger partial charge in [0.05, 0.1) is 30.5 Å². The molecule has 0 amide bonds. The Hall–Kier alpha value is -3.19. The molecule has 0 spiro atoms. The summed E-state index contributed by atoms with van der Waals surface area (Å²) in [5.41, 5.74) is 3.65. The quantitative estimate of drug-likeness (QED) is 0.453. The highest BCUT2D eigenvalue weighted by molar-refractivity contribution is 7.09. The summed E-state index contributed by atoms with van der Waals surface area (Å²) >= 11 is 1.68. The van der Waals surface area contributed by atoms with Crippen molar-refractivity contribution in [2.24, 2.45) is 0 Å². The van der Waals surface area contributed by atoms with Gasteiger partial charge in [0, 0.05) is 22.6 Å². The van der Waals surface area contributed by atoms with Gasteiger partial charge in [0.25, 0.3) is 5.89 Å². The molecule has 4 rings (SSSR count). The molecule has 0 atom stereocenters. The molecule has 2 aromatic carbocycles. The monoisotopic (exact) mass is 393 g/mol. The number of benzene rings is 2. The van der Waals surface area contributed by atoms with E-state index in [9.17, 15) is 0 Å². The second kappa shape index (κ2) is 7.82. The molecule has 0 saturated heterocycles. The first-order chi connectivity index (χ1) is 13.7. The summed E-state index contributed by atoms with van der Waals surface area (Å²) in [5, 5.41) is 7.33. The van der Waals surface area contributed by atoms with Gasteiger partial charge >= 0.3 is 0 Å². The molecule has 0 N–H and O–H groups in total. The molecule has 4 aromatic rings. The number of hydrogen-bond donors (Lipinski definition) is 0. The Bertz CT molecular complexity index is 1090. The topological polar surface area (TPSA) is 70.3 Å². The molecule has 2 heterocycles. The van der Waals surface area contributed by atoms with Crippen molar-refractivity contribution in [3.8, 4) is 45.6 Å². The van der Waals surface area contributed by atoms with Crippen molar-refractivity contribution in [2.45, 2.75) is 13.3 Å². The van der Waals surface area contributed by atoms with Crippen molar-refractivity contribution in [3.63, 3.8) is 0 Å². The van der Waals surface area contributed by atoms with E-state index in [-0.39, 0.29) is 0 Å². The largest absolute Gasteiger partial charge is 0.497 e. The number of hydrogen-bond acceptors (Lipinski definition) is 7. The lowest BCUT2D eigenvalue weighted by atomic mass is 10.1. The summed E-state index contributed by atoms with van der Waals surface area (Å²) in [4.78, 5) is 9.15. The number of ether oxygens (including phenoxy) is 2. The maximum Gasteiger partial charge on any atom is 0.262 e. The van der Waals surface area contributed by atoms with Crippen molar-refractivity contribution in [1.82, 2.24) is 15.1 Å². The van der Waals surface area contributed by atoms with Gasteiger partial charge in [-0.05, 0) is 18.6 Å². The van der Waals surface area contributed by atoms with Gasteiger partial charge in [0.15, 0.2) is 0 Å². The van der Waals surface area contributed by atoms with Gasteiger partial charge in [-0.15, -0.1) is 11.3 Å². The molecule has 0 aliphatic rings. The van der Waals surface area contributed by atoms with Crippen LogP contribution in [0, 0.1) is 0 Å². The summed E-state index contributed by atoms with van der Waals surface area (Å²) in [7, 11) is 3.20. The molecule has 28 heavy (non-hydrogen) atoms. The number of rotatable bonds is 6. The minimum Gasteiger partial charge on any atom is -0.497 e. The predicted molar refractivity (Wildman–Crippen MR) is 109 cm³/mol. The van der Waals surface area contributed by atoms with Crippen LogP contribution in [0.4, 0.5) is 0 Å². The Morgan fingerprint density at radius 2 is 1.75 bits per heavy atom. The van der Waals surface area contributed by atoms with E-state index in [2.05, 4.69) is 27.4 Å². The molecule has 142 valence electrons. The zero-order valence-electron chi connectivity index (χ0n) is 15.8. The molecule has 0 aliphatic heterocycles. The maximum absolute atomic E-state index is 5.46. The predicted octanol–water partition coefficient (Wildman–Crippen LogP) is 5.11. The molecule has 0 aliphatic carbocycles. The van der Waals surface area contributed by atoms with Crippen LogP contribution in [0.2, 0.25) is 0 Å². The van der Waals surface area contributed by atoms with Crippen LogP contribution in [0.1, 0.15) is 11.9 Å². The third kappa shape index (κ3) is 3.48. The van der Waals surface area contributed by atoms with Crippen LogP contribution in [0.3, 0.4) is 0 Å². The van der Waals surface area contributed by atoms with Crippen molar-refractivity contribution < 1.29 is 14.0 Å². The first-order valence-corrected chi connectivity index (χ1v) is 9.71. The molecule has 2 aromatic heterocycles. The number of thiazole rings is 1. The lowest BCUT2D eigenvalue weighted by Crippen LogP contribution is -1.90. The van der Waals surface area contributed by atoms with E-state index in [1.54, 1.807) is 31.6 Å². The summed E-state index contributed by atoms with van der Waals surface area (Å²) < 4.78 is 16.1. The highest BCUT2D eigenvalue weighted by Gasteiger charge is 2.16. The lowest BCUT2D eigenvalue weighted by molar-refractivity contribution is 0.391. The van der Waals surface area contributed by atoms with E-state index >= 15 is 0 Å². The van der Waals surface area contributed by atoms with Crippen molar-refractivity contribution >= 4 is 11.3 Å². The second-order valence-corrected chi connectivity index (χ2v) is 6.99. The Balaban J connectivity index is 1.61. The van der Waals surface area contributed by atoms with Gasteiger partial charge in [-0.25, -0.2) is 4.98 Å². The van der Waals surface area contributed by atoms with Crippen molar-refractivity contribution in [3.05, 3.63) is 52.9 Å². The summed E-state index contributed by atoms with van der Waals surface area (Å²) in [5.74, 6) is 2.22. The highest BCUT2D eigenvalue weighted by Crippen LogP contribution is 2.33. The molecular weight excluding hydrogens is 374 g/mol. The molecular formula is C21H19N3O3S. The first-order valence-electron chi connectivity index (χ1n) is 8.83. The zero-order valence-corrected chi connectivity index (χ0v) is 16.6. The molecule has 6 nitrogen and oxygen atoms in total. The fourth-order valence-electron chi connectivity index (χ4n) is 2.82.